The van der Waals surface area contributed by atoms with Crippen LogP contribution in [0.4, 0.5) is 11.5 Å². The number of nitro groups is 1. The Kier molecular flexibility index (Phi) is 4.43. The van der Waals surface area contributed by atoms with Gasteiger partial charge in [-0.25, -0.2) is 4.98 Å². The Morgan fingerprint density at radius 3 is 2.62 bits per heavy atom. The number of pyridine rings is 1. The summed E-state index contributed by atoms with van der Waals surface area (Å²) in [6, 6.07) is 1.67. The van der Waals surface area contributed by atoms with Crippen LogP contribution >= 0.6 is 0 Å². The first-order valence-electron chi connectivity index (χ1n) is 8.58. The fraction of sp³-hybridized carbons (Fsp3) is 0.647. The average molecular weight is 332 g/mol. The van der Waals surface area contributed by atoms with Crippen LogP contribution in [-0.4, -0.2) is 45.9 Å². The molecule has 0 aromatic carbocycles. The monoisotopic (exact) mass is 332 g/mol. The normalized spacial score (nSPS) is 20.2. The summed E-state index contributed by atoms with van der Waals surface area (Å²) < 4.78 is 0. The number of aromatic nitrogens is 1. The number of amides is 1. The van der Waals surface area contributed by atoms with Gasteiger partial charge in [0, 0.05) is 38.3 Å². The zero-order chi connectivity index (χ0) is 17.3. The van der Waals surface area contributed by atoms with Gasteiger partial charge in [0.2, 0.25) is 11.7 Å². The van der Waals surface area contributed by atoms with E-state index in [1.807, 2.05) is 9.80 Å². The Bertz CT molecular complexity index is 655. The van der Waals surface area contributed by atoms with Gasteiger partial charge in [0.15, 0.2) is 0 Å². The van der Waals surface area contributed by atoms with Gasteiger partial charge in [0.05, 0.1) is 10.5 Å². The van der Waals surface area contributed by atoms with Crippen LogP contribution in [0.25, 0.3) is 0 Å². The molecule has 1 aliphatic carbocycles. The number of carbonyl (C=O) groups excluding carboxylic acids is 1. The molecule has 0 atom stereocenters. The summed E-state index contributed by atoms with van der Waals surface area (Å²) in [6.45, 7) is 5.18. The minimum absolute atomic E-state index is 0.0831. The lowest BCUT2D eigenvalue weighted by Crippen LogP contribution is -2.64. The van der Waals surface area contributed by atoms with Crippen molar-refractivity contribution in [3.8, 4) is 0 Å². The maximum atomic E-state index is 12.1. The molecule has 0 N–H and O–H groups in total. The predicted octanol–water partition coefficient (Wildman–Crippen LogP) is 2.67. The van der Waals surface area contributed by atoms with E-state index in [4.69, 9.17) is 0 Å². The van der Waals surface area contributed by atoms with E-state index in [1.54, 1.807) is 26.1 Å². The van der Waals surface area contributed by atoms with E-state index in [0.29, 0.717) is 31.0 Å². The van der Waals surface area contributed by atoms with Crippen molar-refractivity contribution in [2.75, 3.05) is 24.5 Å². The molecule has 3 rings (SSSR count). The number of nitrogens with zero attached hydrogens (tertiary/aromatic N) is 4. The number of hydrogen-bond acceptors (Lipinski definition) is 5. The number of aryl methyl sites for hydroxylation is 1. The largest absolute Gasteiger partial charge is 0.347 e. The van der Waals surface area contributed by atoms with Crippen molar-refractivity contribution in [1.82, 2.24) is 9.88 Å². The van der Waals surface area contributed by atoms with Crippen molar-refractivity contribution in [3.63, 3.8) is 0 Å². The number of hydrogen-bond donors (Lipinski definition) is 0. The fourth-order valence-corrected chi connectivity index (χ4v) is 4.28. The van der Waals surface area contributed by atoms with Crippen molar-refractivity contribution < 1.29 is 9.72 Å². The number of anilines is 1. The molecule has 0 radical (unpaired) electrons. The van der Waals surface area contributed by atoms with Gasteiger partial charge in [-0.2, -0.15) is 0 Å². The Morgan fingerprint density at radius 1 is 1.29 bits per heavy atom. The first kappa shape index (κ1) is 16.7. The molecule has 1 amide bonds. The van der Waals surface area contributed by atoms with Gasteiger partial charge in [0.1, 0.15) is 0 Å². The van der Waals surface area contributed by atoms with E-state index in [2.05, 4.69) is 4.98 Å². The fourth-order valence-electron chi connectivity index (χ4n) is 4.28. The van der Waals surface area contributed by atoms with Gasteiger partial charge < -0.3 is 9.80 Å². The summed E-state index contributed by atoms with van der Waals surface area (Å²) in [6.07, 6.45) is 6.94. The van der Waals surface area contributed by atoms with Crippen LogP contribution in [0.2, 0.25) is 0 Å². The van der Waals surface area contributed by atoms with Crippen LogP contribution in [0.15, 0.2) is 12.3 Å². The molecule has 1 aromatic rings. The van der Waals surface area contributed by atoms with Crippen LogP contribution in [0.3, 0.4) is 0 Å². The highest BCUT2D eigenvalue weighted by molar-refractivity contribution is 5.75. The molecule has 2 fully saturated rings. The van der Waals surface area contributed by atoms with Crippen molar-refractivity contribution in [3.05, 3.63) is 27.9 Å². The molecule has 0 unspecified atom stereocenters. The highest BCUT2D eigenvalue weighted by Gasteiger charge is 2.45. The lowest BCUT2D eigenvalue weighted by atomic mass is 9.78. The summed E-state index contributed by atoms with van der Waals surface area (Å²) >= 11 is 0. The molecule has 1 saturated carbocycles. The van der Waals surface area contributed by atoms with Gasteiger partial charge >= 0.3 is 5.69 Å². The molecule has 1 aromatic heterocycles. The molecule has 2 aliphatic rings. The molecule has 1 spiro atoms. The molecule has 2 heterocycles. The molecular formula is C17H24N4O3. The third-order valence-electron chi connectivity index (χ3n) is 5.40. The first-order chi connectivity index (χ1) is 11.4. The van der Waals surface area contributed by atoms with Crippen LogP contribution in [-0.2, 0) is 4.79 Å². The zero-order valence-corrected chi connectivity index (χ0v) is 14.3. The third kappa shape index (κ3) is 2.83. The van der Waals surface area contributed by atoms with E-state index >= 15 is 0 Å². The minimum atomic E-state index is -0.345. The summed E-state index contributed by atoms with van der Waals surface area (Å²) in [4.78, 5) is 31.6. The van der Waals surface area contributed by atoms with Crippen LogP contribution in [0.5, 0.6) is 0 Å². The second-order valence-corrected chi connectivity index (χ2v) is 6.93. The van der Waals surface area contributed by atoms with Gasteiger partial charge in [-0.1, -0.05) is 19.3 Å². The maximum absolute atomic E-state index is 12.1. The van der Waals surface area contributed by atoms with E-state index in [1.165, 1.54) is 6.42 Å². The zero-order valence-electron chi connectivity index (χ0n) is 14.3. The highest BCUT2D eigenvalue weighted by Crippen LogP contribution is 2.39. The number of carbonyl (C=O) groups is 1. The lowest BCUT2D eigenvalue weighted by Gasteiger charge is -2.52. The van der Waals surface area contributed by atoms with E-state index in [9.17, 15) is 14.9 Å². The van der Waals surface area contributed by atoms with Gasteiger partial charge in [-0.3, -0.25) is 14.9 Å². The number of piperazine rings is 1. The van der Waals surface area contributed by atoms with Crippen LogP contribution < -0.4 is 4.90 Å². The third-order valence-corrected chi connectivity index (χ3v) is 5.40. The summed E-state index contributed by atoms with van der Waals surface area (Å²) in [7, 11) is 0. The van der Waals surface area contributed by atoms with Crippen molar-refractivity contribution in [2.45, 2.75) is 51.5 Å². The lowest BCUT2D eigenvalue weighted by molar-refractivity contribution is -0.384. The van der Waals surface area contributed by atoms with Crippen molar-refractivity contribution in [2.24, 2.45) is 0 Å². The summed E-state index contributed by atoms with van der Waals surface area (Å²) in [5.74, 6) is 0.538. The molecule has 1 aliphatic heterocycles. The Morgan fingerprint density at radius 2 is 2.00 bits per heavy atom. The molecule has 7 heteroatoms. The van der Waals surface area contributed by atoms with Gasteiger partial charge in [0.25, 0.3) is 0 Å². The van der Waals surface area contributed by atoms with Gasteiger partial charge in [-0.15, -0.1) is 0 Å². The summed E-state index contributed by atoms with van der Waals surface area (Å²) in [5, 5.41) is 11.5. The SMILES string of the molecule is CC(=O)N1CCN(c2nccc(C)c2[N+](=O)[O-])CC12CCCCC2. The Labute approximate surface area is 141 Å². The van der Waals surface area contributed by atoms with Crippen molar-refractivity contribution >= 4 is 17.4 Å². The van der Waals surface area contributed by atoms with Crippen molar-refractivity contribution in [1.29, 1.82) is 0 Å². The highest BCUT2D eigenvalue weighted by atomic mass is 16.6. The molecule has 7 nitrogen and oxygen atoms in total. The molecule has 24 heavy (non-hydrogen) atoms. The van der Waals surface area contributed by atoms with Crippen LogP contribution in [0, 0.1) is 17.0 Å². The topological polar surface area (TPSA) is 79.6 Å². The summed E-state index contributed by atoms with van der Waals surface area (Å²) in [5.41, 5.74) is 0.498. The maximum Gasteiger partial charge on any atom is 0.314 e. The second kappa shape index (κ2) is 6.37. The number of rotatable bonds is 2. The van der Waals surface area contributed by atoms with E-state index < -0.39 is 0 Å². The first-order valence-corrected chi connectivity index (χ1v) is 8.58. The predicted molar refractivity (Wildman–Crippen MR) is 91.0 cm³/mol. The van der Waals surface area contributed by atoms with E-state index in [-0.39, 0.29) is 22.1 Å². The Balaban J connectivity index is 1.96. The minimum Gasteiger partial charge on any atom is -0.347 e. The molecule has 130 valence electrons. The Hall–Kier alpha value is -2.18. The average Bonchev–Trinajstić information content (AvgIpc) is 2.54. The molecule has 1 saturated heterocycles. The molecule has 0 bridgehead atoms. The quantitative estimate of drug-likeness (QED) is 0.614. The smallest absolute Gasteiger partial charge is 0.314 e. The molecular weight excluding hydrogens is 308 g/mol. The van der Waals surface area contributed by atoms with Gasteiger partial charge in [-0.05, 0) is 25.8 Å². The standard InChI is InChI=1S/C17H24N4O3/c1-13-6-9-18-16(15(13)21(23)24)19-10-11-20(14(2)22)17(12-19)7-4-3-5-8-17/h6,9H,3-5,7-8,10-12H2,1-2H3. The second-order valence-electron chi connectivity index (χ2n) is 6.93. The van der Waals surface area contributed by atoms with E-state index in [0.717, 1.165) is 25.7 Å². The van der Waals surface area contributed by atoms with Crippen LogP contribution in [0.1, 0.15) is 44.6 Å².